The van der Waals surface area contributed by atoms with Crippen LogP contribution in [-0.4, -0.2) is 52.4 Å². The normalized spacial score (nSPS) is 16.7. The van der Waals surface area contributed by atoms with Gasteiger partial charge in [0.1, 0.15) is 17.1 Å². The van der Waals surface area contributed by atoms with E-state index >= 15 is 0 Å². The zero-order valence-corrected chi connectivity index (χ0v) is 16.8. The molecule has 4 rings (SSSR count). The van der Waals surface area contributed by atoms with Crippen molar-refractivity contribution in [3.05, 3.63) is 60.1 Å². The van der Waals surface area contributed by atoms with E-state index in [9.17, 15) is 4.79 Å². The summed E-state index contributed by atoms with van der Waals surface area (Å²) in [5, 5.41) is 12.0. The maximum absolute atomic E-state index is 12.7. The Hall–Kier alpha value is -2.93. The van der Waals surface area contributed by atoms with Crippen LogP contribution in [0.4, 0.5) is 0 Å². The first-order chi connectivity index (χ1) is 14.2. The molecule has 1 N–H and O–H groups in total. The molecule has 1 fully saturated rings. The number of piperidine rings is 1. The summed E-state index contributed by atoms with van der Waals surface area (Å²) >= 11 is 0. The highest BCUT2D eigenvalue weighted by atomic mass is 16.5. The van der Waals surface area contributed by atoms with Crippen molar-refractivity contribution in [1.82, 2.24) is 25.2 Å². The highest BCUT2D eigenvalue weighted by Gasteiger charge is 2.19. The molecule has 152 valence electrons. The molecule has 1 unspecified atom stereocenters. The van der Waals surface area contributed by atoms with Crippen LogP contribution in [0.3, 0.4) is 0 Å². The van der Waals surface area contributed by atoms with Gasteiger partial charge in [-0.15, -0.1) is 0 Å². The lowest BCUT2D eigenvalue weighted by Gasteiger charge is -2.23. The molecule has 29 heavy (non-hydrogen) atoms. The quantitative estimate of drug-likeness (QED) is 0.667. The van der Waals surface area contributed by atoms with Crippen LogP contribution < -0.4 is 5.32 Å². The van der Waals surface area contributed by atoms with Crippen LogP contribution in [-0.2, 0) is 6.42 Å². The fourth-order valence-corrected chi connectivity index (χ4v) is 3.68. The summed E-state index contributed by atoms with van der Waals surface area (Å²) in [7, 11) is 1.82. The maximum Gasteiger partial charge on any atom is 0.274 e. The minimum Gasteiger partial charge on any atom is -0.361 e. The third kappa shape index (κ3) is 4.74. The Balaban J connectivity index is 1.27. The van der Waals surface area contributed by atoms with Crippen LogP contribution in [0.2, 0.25) is 0 Å². The van der Waals surface area contributed by atoms with Crippen LogP contribution in [0.1, 0.15) is 41.6 Å². The van der Waals surface area contributed by atoms with Crippen LogP contribution in [0.25, 0.3) is 11.3 Å². The molecule has 0 radical (unpaired) electrons. The monoisotopic (exact) mass is 393 g/mol. The Morgan fingerprint density at radius 1 is 1.31 bits per heavy atom. The van der Waals surface area contributed by atoms with Crippen LogP contribution in [0, 0.1) is 0 Å². The first kappa shape index (κ1) is 19.4. The van der Waals surface area contributed by atoms with Gasteiger partial charge in [0.15, 0.2) is 0 Å². The van der Waals surface area contributed by atoms with Gasteiger partial charge < -0.3 is 14.7 Å². The van der Waals surface area contributed by atoms with E-state index in [4.69, 9.17) is 4.52 Å². The number of carbonyl (C=O) groups excluding carboxylic acids is 1. The predicted molar refractivity (Wildman–Crippen MR) is 111 cm³/mol. The summed E-state index contributed by atoms with van der Waals surface area (Å²) < 4.78 is 7.36. The first-order valence-electron chi connectivity index (χ1n) is 10.2. The van der Waals surface area contributed by atoms with Crippen LogP contribution in [0.15, 0.2) is 53.2 Å². The molecule has 1 aliphatic rings. The van der Waals surface area contributed by atoms with E-state index in [2.05, 4.69) is 15.6 Å². The highest BCUT2D eigenvalue weighted by Crippen LogP contribution is 2.19. The van der Waals surface area contributed by atoms with Crippen molar-refractivity contribution in [2.45, 2.75) is 31.7 Å². The van der Waals surface area contributed by atoms with Gasteiger partial charge in [0.25, 0.3) is 5.91 Å². The van der Waals surface area contributed by atoms with Crippen molar-refractivity contribution in [2.24, 2.45) is 0 Å². The van der Waals surface area contributed by atoms with E-state index in [1.54, 1.807) is 4.90 Å². The van der Waals surface area contributed by atoms with Gasteiger partial charge in [-0.2, -0.15) is 5.10 Å². The van der Waals surface area contributed by atoms with Crippen molar-refractivity contribution < 1.29 is 9.32 Å². The molecule has 0 bridgehead atoms. The van der Waals surface area contributed by atoms with Crippen molar-refractivity contribution in [1.29, 1.82) is 0 Å². The summed E-state index contributed by atoms with van der Waals surface area (Å²) in [6, 6.07) is 14.1. The second-order valence-electron chi connectivity index (χ2n) is 7.56. The number of nitrogens with one attached hydrogen (secondary N) is 1. The van der Waals surface area contributed by atoms with Gasteiger partial charge >= 0.3 is 0 Å². The number of rotatable bonds is 7. The topological polar surface area (TPSA) is 76.2 Å². The first-order valence-corrected chi connectivity index (χ1v) is 10.2. The van der Waals surface area contributed by atoms with Crippen molar-refractivity contribution in [2.75, 3.05) is 26.7 Å². The molecule has 3 aromatic rings. The van der Waals surface area contributed by atoms with E-state index in [1.807, 2.05) is 60.4 Å². The van der Waals surface area contributed by atoms with Gasteiger partial charge in [-0.05, 0) is 31.9 Å². The van der Waals surface area contributed by atoms with E-state index < -0.39 is 0 Å². The number of aromatic nitrogens is 3. The van der Waals surface area contributed by atoms with Gasteiger partial charge in [0, 0.05) is 44.4 Å². The number of hydrogen-bond acceptors (Lipinski definition) is 5. The summed E-state index contributed by atoms with van der Waals surface area (Å²) in [5.74, 6) is 0.786. The van der Waals surface area contributed by atoms with Gasteiger partial charge in [-0.1, -0.05) is 35.5 Å². The fraction of sp³-hybridized carbons (Fsp3) is 0.409. The molecule has 7 heteroatoms. The average Bonchev–Trinajstić information content (AvgIpc) is 3.45. The van der Waals surface area contributed by atoms with E-state index in [-0.39, 0.29) is 5.91 Å². The predicted octanol–water partition coefficient (Wildman–Crippen LogP) is 3.17. The molecule has 0 spiro atoms. The third-order valence-corrected chi connectivity index (χ3v) is 5.36. The Morgan fingerprint density at radius 2 is 2.17 bits per heavy atom. The minimum absolute atomic E-state index is 0.0462. The van der Waals surface area contributed by atoms with Gasteiger partial charge in [0.05, 0.1) is 6.04 Å². The molecule has 1 saturated heterocycles. The number of hydrogen-bond donors (Lipinski definition) is 1. The second-order valence-corrected chi connectivity index (χ2v) is 7.56. The van der Waals surface area contributed by atoms with Crippen molar-refractivity contribution in [3.63, 3.8) is 0 Å². The highest BCUT2D eigenvalue weighted by molar-refractivity contribution is 5.92. The second kappa shape index (κ2) is 9.05. The molecular formula is C22H27N5O2. The lowest BCUT2D eigenvalue weighted by atomic mass is 10.1. The summed E-state index contributed by atoms with van der Waals surface area (Å²) in [5.41, 5.74) is 2.38. The average molecular weight is 393 g/mol. The molecule has 2 aromatic heterocycles. The number of amides is 1. The van der Waals surface area contributed by atoms with E-state index in [0.717, 1.165) is 55.8 Å². The summed E-state index contributed by atoms with van der Waals surface area (Å²) in [6.07, 6.45) is 5.69. The molecule has 1 atom stereocenters. The number of aryl methyl sites for hydroxylation is 1. The Bertz CT molecular complexity index is 928. The standard InChI is InChI=1S/C22H27N5O2/c1-26(22(28)20-11-14-27(24-20)18-9-5-12-23-16-18)13-6-10-19-15-21(25-29-19)17-7-3-2-4-8-17/h2-4,7-8,11,14-15,18,23H,5-6,9-10,12-13,16H2,1H3. The van der Waals surface area contributed by atoms with Gasteiger partial charge in [-0.3, -0.25) is 9.48 Å². The maximum atomic E-state index is 12.7. The molecule has 1 aliphatic heterocycles. The lowest BCUT2D eigenvalue weighted by Crippen LogP contribution is -2.32. The third-order valence-electron chi connectivity index (χ3n) is 5.36. The van der Waals surface area contributed by atoms with E-state index in [0.29, 0.717) is 18.3 Å². The molecule has 0 saturated carbocycles. The molecule has 0 aliphatic carbocycles. The van der Waals surface area contributed by atoms with Crippen LogP contribution in [0.5, 0.6) is 0 Å². The zero-order valence-electron chi connectivity index (χ0n) is 16.8. The summed E-state index contributed by atoms with van der Waals surface area (Å²) in [4.78, 5) is 14.4. The molecule has 3 heterocycles. The Kier molecular flexibility index (Phi) is 6.05. The number of benzene rings is 1. The smallest absolute Gasteiger partial charge is 0.274 e. The molecule has 1 amide bonds. The lowest BCUT2D eigenvalue weighted by molar-refractivity contribution is 0.0785. The number of nitrogens with zero attached hydrogens (tertiary/aromatic N) is 4. The zero-order chi connectivity index (χ0) is 20.1. The molecular weight excluding hydrogens is 366 g/mol. The van der Waals surface area contributed by atoms with Gasteiger partial charge in [0.2, 0.25) is 0 Å². The van der Waals surface area contributed by atoms with Crippen molar-refractivity contribution in [3.8, 4) is 11.3 Å². The molecule has 7 nitrogen and oxygen atoms in total. The van der Waals surface area contributed by atoms with E-state index in [1.165, 1.54) is 0 Å². The number of carbonyl (C=O) groups is 1. The minimum atomic E-state index is -0.0462. The SMILES string of the molecule is CN(CCCc1cc(-c2ccccc2)no1)C(=O)c1ccn(C2CCCNC2)n1. The van der Waals surface area contributed by atoms with Gasteiger partial charge in [-0.25, -0.2) is 0 Å². The summed E-state index contributed by atoms with van der Waals surface area (Å²) in [6.45, 7) is 2.61. The van der Waals surface area contributed by atoms with Crippen molar-refractivity contribution >= 4 is 5.91 Å². The van der Waals surface area contributed by atoms with Crippen LogP contribution >= 0.6 is 0 Å². The Labute approximate surface area is 170 Å². The largest absolute Gasteiger partial charge is 0.361 e. The molecule has 1 aromatic carbocycles. The fourth-order valence-electron chi connectivity index (χ4n) is 3.68. The Morgan fingerprint density at radius 3 is 2.97 bits per heavy atom.